The Hall–Kier alpha value is -2.58. The Morgan fingerprint density at radius 2 is 1.79 bits per heavy atom. The van der Waals surface area contributed by atoms with Crippen LogP contribution >= 0.6 is 0 Å². The van der Waals surface area contributed by atoms with Gasteiger partial charge >= 0.3 is 0 Å². The molecule has 28 heavy (non-hydrogen) atoms. The predicted molar refractivity (Wildman–Crippen MR) is 98.4 cm³/mol. The number of imide groups is 2. The lowest BCUT2D eigenvalue weighted by molar-refractivity contribution is -0.136. The fourth-order valence-corrected chi connectivity index (χ4v) is 4.29. The molecule has 4 amide bonds. The first-order chi connectivity index (χ1) is 13.3. The fraction of sp³-hybridized carbons (Fsp3) is 0.500. The Bertz CT molecular complexity index is 873. The van der Waals surface area contributed by atoms with E-state index in [4.69, 9.17) is 0 Å². The van der Waals surface area contributed by atoms with Crippen LogP contribution in [0.3, 0.4) is 0 Å². The molecule has 2 fully saturated rings. The largest absolute Gasteiger partial charge is 0.385 e. The molecule has 2 N–H and O–H groups in total. The number of carbonyl (C=O) groups excluding carboxylic acids is 4. The van der Waals surface area contributed by atoms with Crippen LogP contribution in [0.2, 0.25) is 0 Å². The van der Waals surface area contributed by atoms with Crippen LogP contribution in [0.5, 0.6) is 0 Å². The summed E-state index contributed by atoms with van der Waals surface area (Å²) in [4.78, 5) is 52.4. The van der Waals surface area contributed by atoms with Gasteiger partial charge in [-0.2, -0.15) is 0 Å². The monoisotopic (exact) mass is 385 g/mol. The van der Waals surface area contributed by atoms with E-state index >= 15 is 0 Å². The van der Waals surface area contributed by atoms with E-state index in [1.807, 2.05) is 0 Å². The summed E-state index contributed by atoms with van der Waals surface area (Å²) in [5.74, 6) is -2.11. The molecule has 2 saturated heterocycles. The van der Waals surface area contributed by atoms with Crippen LogP contribution in [-0.2, 0) is 15.2 Å². The highest BCUT2D eigenvalue weighted by molar-refractivity contribution is 6.23. The van der Waals surface area contributed by atoms with Gasteiger partial charge in [0.25, 0.3) is 11.8 Å². The molecular formula is C20H23N3O5. The zero-order valence-electron chi connectivity index (χ0n) is 15.7. The van der Waals surface area contributed by atoms with Crippen LogP contribution in [0.25, 0.3) is 0 Å². The van der Waals surface area contributed by atoms with Crippen molar-refractivity contribution in [3.63, 3.8) is 0 Å². The van der Waals surface area contributed by atoms with Gasteiger partial charge in [-0.25, -0.2) is 0 Å². The first kappa shape index (κ1) is 18.8. The van der Waals surface area contributed by atoms with Crippen LogP contribution < -0.4 is 5.32 Å². The Morgan fingerprint density at radius 3 is 2.43 bits per heavy atom. The summed E-state index contributed by atoms with van der Waals surface area (Å²) < 4.78 is 0. The van der Waals surface area contributed by atoms with Gasteiger partial charge in [-0.3, -0.25) is 29.4 Å². The van der Waals surface area contributed by atoms with E-state index in [2.05, 4.69) is 17.1 Å². The first-order valence-corrected chi connectivity index (χ1v) is 9.65. The Kier molecular flexibility index (Phi) is 4.55. The van der Waals surface area contributed by atoms with E-state index in [0.29, 0.717) is 18.4 Å². The van der Waals surface area contributed by atoms with Gasteiger partial charge in [0.1, 0.15) is 6.04 Å². The molecule has 0 aromatic heterocycles. The zero-order chi connectivity index (χ0) is 20.1. The molecule has 3 aliphatic rings. The van der Waals surface area contributed by atoms with Crippen LogP contribution in [-0.4, -0.2) is 64.2 Å². The third-order valence-electron chi connectivity index (χ3n) is 6.11. The number of rotatable bonds is 3. The number of hydrogen-bond acceptors (Lipinski definition) is 6. The summed E-state index contributed by atoms with van der Waals surface area (Å²) in [6.07, 6.45) is 1.32. The highest BCUT2D eigenvalue weighted by atomic mass is 16.3. The lowest BCUT2D eigenvalue weighted by Crippen LogP contribution is -2.54. The molecule has 1 unspecified atom stereocenters. The quantitative estimate of drug-likeness (QED) is 0.729. The number of nitrogens with one attached hydrogen (secondary N) is 1. The number of amides is 4. The van der Waals surface area contributed by atoms with Crippen molar-refractivity contribution in [1.29, 1.82) is 0 Å². The predicted octanol–water partition coefficient (Wildman–Crippen LogP) is 0.391. The van der Waals surface area contributed by atoms with Gasteiger partial charge in [0.2, 0.25) is 11.8 Å². The molecule has 8 heteroatoms. The van der Waals surface area contributed by atoms with E-state index in [-0.39, 0.29) is 24.0 Å². The molecule has 0 spiro atoms. The van der Waals surface area contributed by atoms with Gasteiger partial charge in [-0.1, -0.05) is 13.0 Å². The molecule has 148 valence electrons. The van der Waals surface area contributed by atoms with Gasteiger partial charge in [-0.05, 0) is 43.5 Å². The fourth-order valence-electron chi connectivity index (χ4n) is 4.29. The van der Waals surface area contributed by atoms with E-state index < -0.39 is 35.3 Å². The van der Waals surface area contributed by atoms with Crippen LogP contribution in [0.1, 0.15) is 58.9 Å². The number of aliphatic hydroxyl groups is 1. The van der Waals surface area contributed by atoms with Gasteiger partial charge in [0.05, 0.1) is 16.7 Å². The SMILES string of the molecule is CCN1CCC(O)(c2ccc3c(c2)C(=O)N(C2CCC(=O)NC2=O)C3=O)CC1. The topological polar surface area (TPSA) is 107 Å². The maximum atomic E-state index is 12.9. The molecular weight excluding hydrogens is 362 g/mol. The molecule has 8 nitrogen and oxygen atoms in total. The van der Waals surface area contributed by atoms with Crippen molar-refractivity contribution >= 4 is 23.6 Å². The number of carbonyl (C=O) groups is 4. The van der Waals surface area contributed by atoms with Gasteiger partial charge in [0, 0.05) is 19.5 Å². The number of hydrogen-bond donors (Lipinski definition) is 2. The van der Waals surface area contributed by atoms with E-state index in [9.17, 15) is 24.3 Å². The second kappa shape index (κ2) is 6.79. The number of benzene rings is 1. The molecule has 0 saturated carbocycles. The molecule has 0 aliphatic carbocycles. The smallest absolute Gasteiger partial charge is 0.262 e. The summed E-state index contributed by atoms with van der Waals surface area (Å²) in [7, 11) is 0. The maximum Gasteiger partial charge on any atom is 0.262 e. The highest BCUT2D eigenvalue weighted by Crippen LogP contribution is 2.36. The van der Waals surface area contributed by atoms with Crippen molar-refractivity contribution in [3.05, 3.63) is 34.9 Å². The third kappa shape index (κ3) is 2.93. The van der Waals surface area contributed by atoms with E-state index in [1.165, 1.54) is 0 Å². The average Bonchev–Trinajstić information content (AvgIpc) is 2.93. The number of fused-ring (bicyclic) bond motifs is 1. The summed E-state index contributed by atoms with van der Waals surface area (Å²) in [5, 5.41) is 13.3. The molecule has 1 aromatic carbocycles. The summed E-state index contributed by atoms with van der Waals surface area (Å²) in [5.41, 5.74) is 0.0198. The molecule has 3 heterocycles. The Labute approximate surface area is 162 Å². The average molecular weight is 385 g/mol. The number of likely N-dealkylation sites (tertiary alicyclic amines) is 1. The lowest BCUT2D eigenvalue weighted by Gasteiger charge is -2.38. The van der Waals surface area contributed by atoms with Gasteiger partial charge < -0.3 is 10.0 Å². The zero-order valence-corrected chi connectivity index (χ0v) is 15.7. The maximum absolute atomic E-state index is 12.9. The second-order valence-electron chi connectivity index (χ2n) is 7.67. The normalized spacial score (nSPS) is 25.1. The number of piperidine rings is 2. The minimum atomic E-state index is -1.04. The summed E-state index contributed by atoms with van der Waals surface area (Å²) in [6, 6.07) is 3.85. The standard InChI is InChI=1S/C20H23N3O5/c1-2-22-9-7-20(28,8-10-22)12-3-4-13-14(11-12)19(27)23(18(13)26)15-5-6-16(24)21-17(15)25/h3-4,11,15,28H,2,5-10H2,1H3,(H,21,24,25). The van der Waals surface area contributed by atoms with Crippen molar-refractivity contribution in [3.8, 4) is 0 Å². The van der Waals surface area contributed by atoms with Crippen molar-refractivity contribution in [2.24, 2.45) is 0 Å². The lowest BCUT2D eigenvalue weighted by atomic mass is 9.83. The first-order valence-electron chi connectivity index (χ1n) is 9.65. The van der Waals surface area contributed by atoms with Crippen LogP contribution in [0.15, 0.2) is 18.2 Å². The highest BCUT2D eigenvalue weighted by Gasteiger charge is 2.45. The molecule has 0 radical (unpaired) electrons. The molecule has 3 aliphatic heterocycles. The van der Waals surface area contributed by atoms with Crippen molar-refractivity contribution in [1.82, 2.24) is 15.1 Å². The minimum absolute atomic E-state index is 0.0861. The summed E-state index contributed by atoms with van der Waals surface area (Å²) >= 11 is 0. The summed E-state index contributed by atoms with van der Waals surface area (Å²) in [6.45, 7) is 4.53. The molecule has 1 aromatic rings. The minimum Gasteiger partial charge on any atom is -0.385 e. The van der Waals surface area contributed by atoms with E-state index in [0.717, 1.165) is 24.5 Å². The van der Waals surface area contributed by atoms with Crippen molar-refractivity contribution in [2.45, 2.75) is 44.2 Å². The molecule has 0 bridgehead atoms. The van der Waals surface area contributed by atoms with Crippen molar-refractivity contribution in [2.75, 3.05) is 19.6 Å². The second-order valence-corrected chi connectivity index (χ2v) is 7.67. The van der Waals surface area contributed by atoms with E-state index in [1.54, 1.807) is 18.2 Å². The van der Waals surface area contributed by atoms with Crippen LogP contribution in [0.4, 0.5) is 0 Å². The Balaban J connectivity index is 1.61. The van der Waals surface area contributed by atoms with Gasteiger partial charge in [-0.15, -0.1) is 0 Å². The molecule has 1 atom stereocenters. The van der Waals surface area contributed by atoms with Gasteiger partial charge in [0.15, 0.2) is 0 Å². The van der Waals surface area contributed by atoms with Crippen LogP contribution in [0, 0.1) is 0 Å². The van der Waals surface area contributed by atoms with Crippen molar-refractivity contribution < 1.29 is 24.3 Å². The molecule has 4 rings (SSSR count). The number of nitrogens with zero attached hydrogens (tertiary/aromatic N) is 2. The third-order valence-corrected chi connectivity index (χ3v) is 6.11. The Morgan fingerprint density at radius 1 is 1.11 bits per heavy atom.